The molecule has 3 aliphatic carbocycles. The number of rotatable bonds is 10. The van der Waals surface area contributed by atoms with E-state index in [0.29, 0.717) is 0 Å². The lowest BCUT2D eigenvalue weighted by molar-refractivity contribution is 0.661. The minimum Gasteiger partial charge on any atom is -0.0622 e. The third-order valence-corrected chi connectivity index (χ3v) is 28.4. The Labute approximate surface area is 734 Å². The topological polar surface area (TPSA) is 0 Å². The fourth-order valence-electron chi connectivity index (χ4n) is 22.3. The summed E-state index contributed by atoms with van der Waals surface area (Å²) >= 11 is 0. The zero-order valence-electron chi connectivity index (χ0n) is 70.6. The molecule has 0 aromatic heterocycles. The van der Waals surface area contributed by atoms with E-state index in [2.05, 4.69) is 464 Å². The van der Waals surface area contributed by atoms with Gasteiger partial charge in [-0.15, -0.1) is 0 Å². The Morgan fingerprint density at radius 2 is 0.421 bits per heavy atom. The van der Waals surface area contributed by atoms with Crippen LogP contribution < -0.4 is 0 Å². The molecule has 0 fully saturated rings. The monoisotopic (exact) mass is 1600 g/mol. The Bertz CT molecular complexity index is 8370. The van der Waals surface area contributed by atoms with E-state index in [9.17, 15) is 0 Å². The molecule has 0 aliphatic heterocycles. The fraction of sp³-hybridized carbons (Fsp3) is 0.0476. The first-order chi connectivity index (χ1) is 62.0. The van der Waals surface area contributed by atoms with Gasteiger partial charge in [0.2, 0.25) is 0 Å². The molecule has 588 valence electrons. The second-order valence-electron chi connectivity index (χ2n) is 35.9. The van der Waals surface area contributed by atoms with Gasteiger partial charge in [-0.05, 0) is 307 Å². The van der Waals surface area contributed by atoms with Gasteiger partial charge < -0.3 is 0 Å². The molecule has 3 aliphatic rings. The molecular formula is C126H84. The van der Waals surface area contributed by atoms with Gasteiger partial charge in [0.05, 0.1) is 0 Å². The largest absolute Gasteiger partial charge is 0.0622 e. The Hall–Kier alpha value is -15.6. The second kappa shape index (κ2) is 28.5. The van der Waals surface area contributed by atoms with Crippen LogP contribution in [0, 0.1) is 0 Å². The Balaban J connectivity index is 0.000000137. The van der Waals surface area contributed by atoms with Gasteiger partial charge in [0.1, 0.15) is 0 Å². The van der Waals surface area contributed by atoms with E-state index in [0.717, 1.165) is 0 Å². The molecule has 0 bridgehead atoms. The summed E-state index contributed by atoms with van der Waals surface area (Å²) in [5.41, 5.74) is 40.6. The van der Waals surface area contributed by atoms with Crippen molar-refractivity contribution < 1.29 is 0 Å². The summed E-state index contributed by atoms with van der Waals surface area (Å²) in [4.78, 5) is 0. The van der Waals surface area contributed by atoms with Crippen molar-refractivity contribution in [1.82, 2.24) is 0 Å². The minimum absolute atomic E-state index is 0.148. The van der Waals surface area contributed by atoms with E-state index in [1.165, 1.54) is 264 Å². The Morgan fingerprint density at radius 3 is 0.857 bits per heavy atom. The van der Waals surface area contributed by atoms with Crippen LogP contribution in [0.15, 0.2) is 437 Å². The normalized spacial score (nSPS) is 13.0. The summed E-state index contributed by atoms with van der Waals surface area (Å²) in [5, 5.41) is 20.6. The Kier molecular flexibility index (Phi) is 16.5. The van der Waals surface area contributed by atoms with Crippen molar-refractivity contribution in [2.24, 2.45) is 0 Å². The molecule has 0 atom stereocenters. The molecule has 0 saturated heterocycles. The molecule has 0 saturated carbocycles. The van der Waals surface area contributed by atoms with Gasteiger partial charge in [0.15, 0.2) is 0 Å². The van der Waals surface area contributed by atoms with Crippen LogP contribution in [0.1, 0.15) is 49.9 Å². The SMILES string of the molecule is CC1(C)c2ccccc2-c2cc3c(-c4ccc(-c5ccccc5)cc4)c4ccc(-c5cc6cccc7ccc8cccc5c8c76)cc4c(-c4ccc(-c5ccccc5)cc4)c3cc21.CC1(C)c2ccccc2-c2cc3c(-c4ccc(-c5ccccc5)cc4)c4ccc(-c5ccc6c7c(cccc57)-c5ccccc5-6)cc4c(-c4ccc(-c5ccccc5)cc4)c3cc21. The quantitative estimate of drug-likeness (QED) is 0.0946. The summed E-state index contributed by atoms with van der Waals surface area (Å²) in [6.07, 6.45) is 0. The van der Waals surface area contributed by atoms with Crippen molar-refractivity contribution in [2.45, 2.75) is 38.5 Å². The van der Waals surface area contributed by atoms with Crippen LogP contribution >= 0.6 is 0 Å². The lowest BCUT2D eigenvalue weighted by Crippen LogP contribution is -2.14. The van der Waals surface area contributed by atoms with Gasteiger partial charge >= 0.3 is 0 Å². The number of benzene rings is 23. The fourth-order valence-corrected chi connectivity index (χ4v) is 22.3. The van der Waals surface area contributed by atoms with Crippen molar-refractivity contribution in [3.8, 4) is 156 Å². The molecule has 26 rings (SSSR count). The van der Waals surface area contributed by atoms with E-state index in [4.69, 9.17) is 0 Å². The second-order valence-corrected chi connectivity index (χ2v) is 35.9. The molecule has 0 heterocycles. The third-order valence-electron chi connectivity index (χ3n) is 28.4. The average molecular weight is 1600 g/mol. The van der Waals surface area contributed by atoms with Gasteiger partial charge in [0, 0.05) is 10.8 Å². The Morgan fingerprint density at radius 1 is 0.127 bits per heavy atom. The van der Waals surface area contributed by atoms with E-state index >= 15 is 0 Å². The van der Waals surface area contributed by atoms with Gasteiger partial charge in [0.25, 0.3) is 0 Å². The first-order valence-corrected chi connectivity index (χ1v) is 44.3. The maximum Gasteiger partial charge on any atom is 0.0159 e. The van der Waals surface area contributed by atoms with Crippen molar-refractivity contribution in [3.05, 3.63) is 459 Å². The van der Waals surface area contributed by atoms with Crippen molar-refractivity contribution in [1.29, 1.82) is 0 Å². The third kappa shape index (κ3) is 11.4. The predicted octanol–water partition coefficient (Wildman–Crippen LogP) is 35.0. The van der Waals surface area contributed by atoms with Crippen molar-refractivity contribution >= 4 is 86.2 Å². The zero-order valence-corrected chi connectivity index (χ0v) is 70.6. The smallest absolute Gasteiger partial charge is 0.0159 e. The van der Waals surface area contributed by atoms with E-state index in [1.807, 2.05) is 0 Å². The van der Waals surface area contributed by atoms with Gasteiger partial charge in [-0.3, -0.25) is 0 Å². The first-order valence-electron chi connectivity index (χ1n) is 44.3. The highest BCUT2D eigenvalue weighted by Gasteiger charge is 2.39. The van der Waals surface area contributed by atoms with Crippen LogP contribution in [0.25, 0.3) is 242 Å². The van der Waals surface area contributed by atoms with E-state index < -0.39 is 0 Å². The summed E-state index contributed by atoms with van der Waals surface area (Å²) in [6.45, 7) is 9.59. The molecule has 0 amide bonds. The first kappa shape index (κ1) is 73.1. The number of hydrogen-bond acceptors (Lipinski definition) is 0. The molecule has 0 unspecified atom stereocenters. The van der Waals surface area contributed by atoms with Crippen LogP contribution in [0.2, 0.25) is 0 Å². The molecule has 23 aromatic rings. The molecular weight excluding hydrogens is 1510 g/mol. The molecule has 23 aromatic carbocycles. The van der Waals surface area contributed by atoms with Crippen LogP contribution in [0.5, 0.6) is 0 Å². The van der Waals surface area contributed by atoms with Gasteiger partial charge in [-0.1, -0.05) is 422 Å². The average Bonchev–Trinajstić information content (AvgIpc) is 1.44. The van der Waals surface area contributed by atoms with Crippen molar-refractivity contribution in [2.75, 3.05) is 0 Å². The summed E-state index contributed by atoms with van der Waals surface area (Å²) in [6, 6.07) is 164. The molecule has 0 heteroatoms. The summed E-state index contributed by atoms with van der Waals surface area (Å²) in [5.74, 6) is 0. The summed E-state index contributed by atoms with van der Waals surface area (Å²) in [7, 11) is 0. The molecule has 0 spiro atoms. The lowest BCUT2D eigenvalue weighted by Gasteiger charge is -2.24. The molecule has 0 N–H and O–H groups in total. The van der Waals surface area contributed by atoms with Crippen LogP contribution in [-0.4, -0.2) is 0 Å². The van der Waals surface area contributed by atoms with Gasteiger partial charge in [-0.2, -0.15) is 0 Å². The standard InChI is InChI=1S/2C63H42/c1-63(2)57-22-10-9-20-49(57)53-37-55-56(38-58(53)63)61(46-29-25-42(26-30-46)40-15-7-4-8-16-40)54-35-47(33-34-51(54)60(55)45-27-23-41(24-28-45)39-13-5-3-6-14-39)52-36-48-19-11-17-43-31-32-44-18-12-21-50(52)62(44)59(43)48;1-63(2)58-23-12-11-20-49(58)54-37-56-57(38-59(54)63)61(44-30-26-42(27-31-44)40-16-7-4-8-17-40)55-36-45(32-33-53(55)60(56)43-28-24-41(25-29-43)39-14-5-3-6-15-39)46-34-35-52-48-19-10-9-18-47(48)51-22-13-21-50(46)62(51)52/h2*3-38H,1-2H3. The van der Waals surface area contributed by atoms with Crippen LogP contribution in [-0.2, 0) is 10.8 Å². The van der Waals surface area contributed by atoms with Crippen LogP contribution in [0.3, 0.4) is 0 Å². The minimum atomic E-state index is -0.150. The maximum atomic E-state index is 2.55. The lowest BCUT2D eigenvalue weighted by atomic mass is 9.79. The zero-order chi connectivity index (χ0) is 83.6. The molecule has 0 radical (unpaired) electrons. The van der Waals surface area contributed by atoms with E-state index in [-0.39, 0.29) is 10.8 Å². The number of fused-ring (bicyclic) bond motifs is 13. The highest BCUT2D eigenvalue weighted by atomic mass is 14.4. The highest BCUT2D eigenvalue weighted by Crippen LogP contribution is 2.58. The van der Waals surface area contributed by atoms with Crippen molar-refractivity contribution in [3.63, 3.8) is 0 Å². The highest BCUT2D eigenvalue weighted by molar-refractivity contribution is 6.29. The van der Waals surface area contributed by atoms with Gasteiger partial charge in [-0.25, -0.2) is 0 Å². The number of hydrogen-bond donors (Lipinski definition) is 0. The maximum absolute atomic E-state index is 2.55. The van der Waals surface area contributed by atoms with Crippen LogP contribution in [0.4, 0.5) is 0 Å². The summed E-state index contributed by atoms with van der Waals surface area (Å²) < 4.78 is 0. The van der Waals surface area contributed by atoms with E-state index in [1.54, 1.807) is 0 Å². The molecule has 126 heavy (non-hydrogen) atoms. The molecule has 0 nitrogen and oxygen atoms in total. The predicted molar refractivity (Wildman–Crippen MR) is 538 cm³/mol.